The van der Waals surface area contributed by atoms with E-state index in [1.165, 1.54) is 5.69 Å². The first-order valence-corrected chi connectivity index (χ1v) is 5.61. The summed E-state index contributed by atoms with van der Waals surface area (Å²) in [7, 11) is 0. The third kappa shape index (κ3) is 2.71. The third-order valence-corrected chi connectivity index (χ3v) is 2.88. The van der Waals surface area contributed by atoms with E-state index in [0.717, 1.165) is 24.2 Å². The molecule has 0 atom stereocenters. The number of nitrogens with zero attached hydrogens (tertiary/aromatic N) is 1. The summed E-state index contributed by atoms with van der Waals surface area (Å²) in [5.74, 6) is 0.867. The monoisotopic (exact) mass is 207 g/mol. The molecule has 0 aromatic carbocycles. The molecular weight excluding hydrogens is 186 g/mol. The lowest BCUT2D eigenvalue weighted by atomic mass is 10.1. The summed E-state index contributed by atoms with van der Waals surface area (Å²) in [6, 6.07) is 2.00. The second-order valence-corrected chi connectivity index (χ2v) is 4.68. The molecular formula is C13H21NO. The van der Waals surface area contributed by atoms with Crippen LogP contribution in [0, 0.1) is 19.8 Å². The van der Waals surface area contributed by atoms with Crippen LogP contribution in [-0.2, 0) is 6.54 Å². The van der Waals surface area contributed by atoms with Gasteiger partial charge in [-0.25, -0.2) is 0 Å². The third-order valence-electron chi connectivity index (χ3n) is 2.88. The maximum atomic E-state index is 11.4. The van der Waals surface area contributed by atoms with Crippen molar-refractivity contribution in [2.24, 2.45) is 5.92 Å². The predicted octanol–water partition coefficient (Wildman–Crippen LogP) is 3.35. The molecule has 0 spiro atoms. The molecule has 1 aromatic heterocycles. The number of rotatable bonds is 4. The van der Waals surface area contributed by atoms with E-state index in [4.69, 9.17) is 0 Å². The molecule has 2 nitrogen and oxygen atoms in total. The van der Waals surface area contributed by atoms with Crippen LogP contribution < -0.4 is 0 Å². The number of carbonyl (C=O) groups is 1. The molecule has 1 heterocycles. The Morgan fingerprint density at radius 3 is 2.40 bits per heavy atom. The lowest BCUT2D eigenvalue weighted by Gasteiger charge is -2.11. The molecule has 0 N–H and O–H groups in total. The van der Waals surface area contributed by atoms with Crippen LogP contribution in [0.4, 0.5) is 0 Å². The van der Waals surface area contributed by atoms with Crippen LogP contribution in [0.2, 0.25) is 0 Å². The van der Waals surface area contributed by atoms with Gasteiger partial charge in [0.2, 0.25) is 0 Å². The van der Waals surface area contributed by atoms with E-state index in [-0.39, 0.29) is 5.78 Å². The first-order chi connectivity index (χ1) is 6.93. The first-order valence-electron chi connectivity index (χ1n) is 5.61. The van der Waals surface area contributed by atoms with Crippen molar-refractivity contribution in [3.63, 3.8) is 0 Å². The molecule has 0 amide bonds. The predicted molar refractivity (Wildman–Crippen MR) is 63.4 cm³/mol. The Hall–Kier alpha value is -1.05. The van der Waals surface area contributed by atoms with Gasteiger partial charge in [-0.05, 0) is 39.2 Å². The summed E-state index contributed by atoms with van der Waals surface area (Å²) in [6.45, 7) is 11.2. The van der Waals surface area contributed by atoms with E-state index in [1.807, 2.05) is 13.0 Å². The summed E-state index contributed by atoms with van der Waals surface area (Å²) in [5.41, 5.74) is 3.18. The minimum absolute atomic E-state index is 0.166. The topological polar surface area (TPSA) is 22.0 Å². The van der Waals surface area contributed by atoms with Gasteiger partial charge in [-0.2, -0.15) is 0 Å². The van der Waals surface area contributed by atoms with Gasteiger partial charge in [0.1, 0.15) is 0 Å². The van der Waals surface area contributed by atoms with Crippen LogP contribution >= 0.6 is 0 Å². The molecule has 0 saturated heterocycles. The molecule has 0 bridgehead atoms. The average Bonchev–Trinajstić information content (AvgIpc) is 2.39. The molecule has 0 fully saturated rings. The molecule has 0 unspecified atom stereocenters. The lowest BCUT2D eigenvalue weighted by Crippen LogP contribution is -2.06. The summed E-state index contributed by atoms with van der Waals surface area (Å²) in [4.78, 5) is 11.4. The van der Waals surface area contributed by atoms with Gasteiger partial charge in [0.05, 0.1) is 0 Å². The normalized spacial score (nSPS) is 11.1. The smallest absolute Gasteiger partial charge is 0.161 e. The fourth-order valence-electron chi connectivity index (χ4n) is 1.89. The summed E-state index contributed by atoms with van der Waals surface area (Å²) in [6.07, 6.45) is 1.16. The van der Waals surface area contributed by atoms with Gasteiger partial charge in [0.25, 0.3) is 0 Å². The molecule has 0 aliphatic rings. The highest BCUT2D eigenvalue weighted by atomic mass is 16.1. The van der Waals surface area contributed by atoms with Gasteiger partial charge in [0.15, 0.2) is 5.78 Å². The van der Waals surface area contributed by atoms with Crippen molar-refractivity contribution in [1.82, 2.24) is 4.57 Å². The van der Waals surface area contributed by atoms with Crippen molar-refractivity contribution in [3.8, 4) is 0 Å². The zero-order valence-electron chi connectivity index (χ0n) is 10.4. The van der Waals surface area contributed by atoms with Crippen molar-refractivity contribution in [2.75, 3.05) is 0 Å². The van der Waals surface area contributed by atoms with E-state index in [9.17, 15) is 4.79 Å². The van der Waals surface area contributed by atoms with Gasteiger partial charge in [0, 0.05) is 23.5 Å². The maximum Gasteiger partial charge on any atom is 0.161 e. The van der Waals surface area contributed by atoms with Gasteiger partial charge < -0.3 is 4.57 Å². The van der Waals surface area contributed by atoms with Crippen molar-refractivity contribution >= 4 is 5.78 Å². The first kappa shape index (κ1) is 12.0. The van der Waals surface area contributed by atoms with Crippen LogP contribution in [-0.4, -0.2) is 10.4 Å². The molecule has 0 saturated carbocycles. The zero-order chi connectivity index (χ0) is 11.6. The summed E-state index contributed by atoms with van der Waals surface area (Å²) >= 11 is 0. The average molecular weight is 207 g/mol. The van der Waals surface area contributed by atoms with Gasteiger partial charge in [-0.1, -0.05) is 13.8 Å². The second kappa shape index (κ2) is 4.65. The molecule has 1 rings (SSSR count). The standard InChI is InChI=1S/C13H21NO/c1-9(2)6-7-14-10(3)8-13(11(14)4)12(5)15/h8-9H,6-7H2,1-5H3. The van der Waals surface area contributed by atoms with Crippen molar-refractivity contribution in [2.45, 2.75) is 47.6 Å². The summed E-state index contributed by atoms with van der Waals surface area (Å²) in [5, 5.41) is 0. The minimum Gasteiger partial charge on any atom is -0.348 e. The van der Waals surface area contributed by atoms with Gasteiger partial charge in [-0.15, -0.1) is 0 Å². The molecule has 15 heavy (non-hydrogen) atoms. The molecule has 0 radical (unpaired) electrons. The lowest BCUT2D eigenvalue weighted by molar-refractivity contribution is 0.101. The Bertz CT molecular complexity index is 361. The highest BCUT2D eigenvalue weighted by molar-refractivity contribution is 5.95. The largest absolute Gasteiger partial charge is 0.348 e. The van der Waals surface area contributed by atoms with Crippen molar-refractivity contribution in [1.29, 1.82) is 0 Å². The zero-order valence-corrected chi connectivity index (χ0v) is 10.4. The Morgan fingerprint density at radius 2 is 2.00 bits per heavy atom. The highest BCUT2D eigenvalue weighted by Gasteiger charge is 2.11. The van der Waals surface area contributed by atoms with Crippen LogP contribution in [0.1, 0.15) is 48.9 Å². The summed E-state index contributed by atoms with van der Waals surface area (Å²) < 4.78 is 2.25. The van der Waals surface area contributed by atoms with E-state index in [2.05, 4.69) is 25.3 Å². The van der Waals surface area contributed by atoms with Gasteiger partial charge >= 0.3 is 0 Å². The molecule has 0 aliphatic carbocycles. The fraction of sp³-hybridized carbons (Fsp3) is 0.615. The molecule has 84 valence electrons. The van der Waals surface area contributed by atoms with E-state index >= 15 is 0 Å². The molecule has 2 heteroatoms. The number of Topliss-reactive ketones (excluding diaryl/α,β-unsaturated/α-hetero) is 1. The SMILES string of the molecule is CC(=O)c1cc(C)n(CCC(C)C)c1C. The van der Waals surface area contributed by atoms with Crippen LogP contribution in [0.5, 0.6) is 0 Å². The van der Waals surface area contributed by atoms with Crippen molar-refractivity contribution < 1.29 is 4.79 Å². The number of aromatic nitrogens is 1. The van der Waals surface area contributed by atoms with Crippen LogP contribution in [0.3, 0.4) is 0 Å². The van der Waals surface area contributed by atoms with Crippen molar-refractivity contribution in [3.05, 3.63) is 23.0 Å². The Morgan fingerprint density at radius 1 is 1.40 bits per heavy atom. The fourth-order valence-corrected chi connectivity index (χ4v) is 1.89. The number of hydrogen-bond donors (Lipinski definition) is 0. The Kier molecular flexibility index (Phi) is 3.72. The Balaban J connectivity index is 2.93. The number of hydrogen-bond acceptors (Lipinski definition) is 1. The highest BCUT2D eigenvalue weighted by Crippen LogP contribution is 2.17. The maximum absolute atomic E-state index is 11.4. The van der Waals surface area contributed by atoms with Crippen LogP contribution in [0.25, 0.3) is 0 Å². The number of aryl methyl sites for hydroxylation is 1. The molecule has 1 aromatic rings. The second-order valence-electron chi connectivity index (χ2n) is 4.68. The quantitative estimate of drug-likeness (QED) is 0.694. The van der Waals surface area contributed by atoms with Gasteiger partial charge in [-0.3, -0.25) is 4.79 Å². The minimum atomic E-state index is 0.166. The van der Waals surface area contributed by atoms with Crippen LogP contribution in [0.15, 0.2) is 6.07 Å². The number of carbonyl (C=O) groups excluding carboxylic acids is 1. The van der Waals surface area contributed by atoms with E-state index < -0.39 is 0 Å². The molecule has 0 aliphatic heterocycles. The van der Waals surface area contributed by atoms with E-state index in [1.54, 1.807) is 6.92 Å². The Labute approximate surface area is 92.3 Å². The van der Waals surface area contributed by atoms with E-state index in [0.29, 0.717) is 5.92 Å². The number of ketones is 1.